The van der Waals surface area contributed by atoms with Crippen molar-refractivity contribution < 1.29 is 18.7 Å². The number of nitrogens with zero attached hydrogens (tertiary/aromatic N) is 1. The van der Waals surface area contributed by atoms with E-state index in [-0.39, 0.29) is 17.5 Å². The van der Waals surface area contributed by atoms with E-state index in [1.165, 1.54) is 12.7 Å². The van der Waals surface area contributed by atoms with Gasteiger partial charge in [-0.1, -0.05) is 18.6 Å². The molecule has 0 fully saturated rings. The molecule has 1 aromatic heterocycles. The highest BCUT2D eigenvalue weighted by Gasteiger charge is 2.61. The number of hydrogen-bond donors (Lipinski definition) is 3. The highest BCUT2D eigenvalue weighted by Crippen LogP contribution is 2.61. The third-order valence-corrected chi connectivity index (χ3v) is 8.19. The first-order valence-electron chi connectivity index (χ1n) is 12.3. The van der Waals surface area contributed by atoms with Crippen molar-refractivity contribution in [2.45, 2.75) is 58.4 Å². The van der Waals surface area contributed by atoms with Gasteiger partial charge >= 0.3 is 0 Å². The van der Waals surface area contributed by atoms with Crippen molar-refractivity contribution in [2.24, 2.45) is 5.92 Å². The Hall–Kier alpha value is -3.16. The summed E-state index contributed by atoms with van der Waals surface area (Å²) in [7, 11) is 3.44. The Balaban J connectivity index is 1.76. The summed E-state index contributed by atoms with van der Waals surface area (Å²) in [5.74, 6) is 0.0736. The lowest BCUT2D eigenvalue weighted by Gasteiger charge is -2.55. The van der Waals surface area contributed by atoms with Crippen LogP contribution in [0.1, 0.15) is 62.8 Å². The average Bonchev–Trinajstić information content (AvgIpc) is 3.19. The zero-order chi connectivity index (χ0) is 25.3. The van der Waals surface area contributed by atoms with Crippen LogP contribution in [0.5, 0.6) is 0 Å². The maximum Gasteiger partial charge on any atom is 0.255 e. The number of carbonyl (C=O) groups excluding carboxylic acids is 1. The van der Waals surface area contributed by atoms with Crippen LogP contribution in [0, 0.1) is 5.92 Å². The Morgan fingerprint density at radius 3 is 2.80 bits per heavy atom. The first-order chi connectivity index (χ1) is 16.6. The molecule has 8 heteroatoms. The van der Waals surface area contributed by atoms with E-state index in [0.29, 0.717) is 30.8 Å². The summed E-state index contributed by atoms with van der Waals surface area (Å²) in [4.78, 5) is 18.5. The lowest BCUT2D eigenvalue weighted by atomic mass is 9.60. The third kappa shape index (κ3) is 3.04. The van der Waals surface area contributed by atoms with Crippen molar-refractivity contribution in [1.82, 2.24) is 15.2 Å². The molecule has 0 saturated carbocycles. The monoisotopic (exact) mass is 482 g/mol. The summed E-state index contributed by atoms with van der Waals surface area (Å²) in [6.45, 7) is 11.1. The van der Waals surface area contributed by atoms with Crippen molar-refractivity contribution in [1.29, 1.82) is 0 Å². The number of fused-ring (bicyclic) bond motifs is 4. The number of hydrogen-bond acceptors (Lipinski definition) is 5. The molecule has 0 saturated heterocycles. The molecule has 4 aliphatic rings. The number of anilines is 1. The summed E-state index contributed by atoms with van der Waals surface area (Å²) >= 11 is 0. The number of amides is 1. The van der Waals surface area contributed by atoms with E-state index in [4.69, 9.17) is 9.47 Å². The second-order valence-corrected chi connectivity index (χ2v) is 10.3. The van der Waals surface area contributed by atoms with Crippen LogP contribution in [-0.2, 0) is 21.3 Å². The summed E-state index contributed by atoms with van der Waals surface area (Å²) in [5.41, 5.74) is 4.38. The zero-order valence-electron chi connectivity index (χ0n) is 21.6. The number of aromatic amines is 1. The first-order valence-corrected chi connectivity index (χ1v) is 12.3. The Bertz CT molecular complexity index is 1240. The van der Waals surface area contributed by atoms with Gasteiger partial charge in [-0.15, -0.1) is 0 Å². The van der Waals surface area contributed by atoms with E-state index in [0.717, 1.165) is 34.8 Å². The number of carbonyl (C=O) groups is 1. The van der Waals surface area contributed by atoms with Crippen molar-refractivity contribution in [3.05, 3.63) is 63.4 Å². The number of allylic oxidation sites excluding steroid dienone is 3. The molecule has 3 atom stereocenters. The number of halogens is 1. The number of aromatic nitrogens is 1. The van der Waals surface area contributed by atoms with E-state index in [1.54, 1.807) is 0 Å². The van der Waals surface area contributed by atoms with Gasteiger partial charge in [0.05, 0.1) is 42.0 Å². The fraction of sp³-hybridized carbons (Fsp3) is 0.519. The Morgan fingerprint density at radius 2 is 2.11 bits per heavy atom. The van der Waals surface area contributed by atoms with Crippen LogP contribution in [0.15, 0.2) is 46.5 Å². The number of methoxy groups -OCH3 is 1. The van der Waals surface area contributed by atoms with Gasteiger partial charge in [-0.2, -0.15) is 0 Å². The number of ether oxygens (including phenoxy) is 2. The Kier molecular flexibility index (Phi) is 5.34. The van der Waals surface area contributed by atoms with E-state index in [2.05, 4.69) is 35.5 Å². The van der Waals surface area contributed by atoms with Gasteiger partial charge in [0.15, 0.2) is 5.76 Å². The largest absolute Gasteiger partial charge is 0.496 e. The molecule has 7 nitrogen and oxygen atoms in total. The maximum atomic E-state index is 15.8. The third-order valence-electron chi connectivity index (χ3n) is 8.19. The maximum absolute atomic E-state index is 15.8. The van der Waals surface area contributed by atoms with Crippen LogP contribution in [0.2, 0.25) is 0 Å². The van der Waals surface area contributed by atoms with Crippen LogP contribution in [0.3, 0.4) is 0 Å². The van der Waals surface area contributed by atoms with Gasteiger partial charge in [-0.25, -0.2) is 4.39 Å². The molecule has 1 aromatic rings. The van der Waals surface area contributed by atoms with Gasteiger partial charge in [0.25, 0.3) is 5.91 Å². The van der Waals surface area contributed by atoms with Gasteiger partial charge in [0, 0.05) is 49.6 Å². The van der Waals surface area contributed by atoms with E-state index >= 15 is 4.39 Å². The lowest BCUT2D eigenvalue weighted by molar-refractivity contribution is 0.0946. The van der Waals surface area contributed by atoms with Gasteiger partial charge in [0.2, 0.25) is 0 Å². The normalized spacial score (nSPS) is 29.7. The summed E-state index contributed by atoms with van der Waals surface area (Å²) < 4.78 is 28.0. The first kappa shape index (κ1) is 23.6. The number of nitrogens with one attached hydrogen (secondary N) is 3. The molecule has 1 amide bonds. The SMILES string of the molecule is C/C=C(/C)CCOC1=CN(C)C2=C3C(C)(Nc4c([nH]c5c4C(=O)NCC5)C13C)C(OC)=C(F)C2C. The summed E-state index contributed by atoms with van der Waals surface area (Å²) in [6, 6.07) is 0. The highest BCUT2D eigenvalue weighted by molar-refractivity contribution is 6.04. The minimum atomic E-state index is -1.01. The Morgan fingerprint density at radius 1 is 1.37 bits per heavy atom. The molecule has 0 bridgehead atoms. The smallest absolute Gasteiger partial charge is 0.255 e. The molecule has 1 aliphatic carbocycles. The quantitative estimate of drug-likeness (QED) is 0.533. The van der Waals surface area contributed by atoms with E-state index < -0.39 is 16.9 Å². The molecule has 3 N–H and O–H groups in total. The van der Waals surface area contributed by atoms with Crippen molar-refractivity contribution in [2.75, 3.05) is 32.6 Å². The number of H-pyrrole nitrogens is 1. The minimum Gasteiger partial charge on any atom is -0.496 e. The van der Waals surface area contributed by atoms with Crippen molar-refractivity contribution in [3.63, 3.8) is 0 Å². The molecule has 35 heavy (non-hydrogen) atoms. The predicted molar refractivity (Wildman–Crippen MR) is 133 cm³/mol. The van der Waals surface area contributed by atoms with Crippen LogP contribution in [0.4, 0.5) is 10.1 Å². The molecular weight excluding hydrogens is 447 g/mol. The van der Waals surface area contributed by atoms with Crippen LogP contribution in [-0.4, -0.2) is 48.6 Å². The zero-order valence-corrected chi connectivity index (χ0v) is 21.6. The highest BCUT2D eigenvalue weighted by atomic mass is 19.1. The van der Waals surface area contributed by atoms with Crippen LogP contribution >= 0.6 is 0 Å². The predicted octanol–water partition coefficient (Wildman–Crippen LogP) is 4.63. The second-order valence-electron chi connectivity index (χ2n) is 10.3. The van der Waals surface area contributed by atoms with E-state index in [1.807, 2.05) is 38.9 Å². The summed E-state index contributed by atoms with van der Waals surface area (Å²) in [6.07, 6.45) is 5.57. The van der Waals surface area contributed by atoms with Crippen LogP contribution < -0.4 is 10.6 Å². The van der Waals surface area contributed by atoms with Crippen molar-refractivity contribution in [3.8, 4) is 0 Å². The topological polar surface area (TPSA) is 78.6 Å². The van der Waals surface area contributed by atoms with Gasteiger partial charge in [-0.05, 0) is 27.7 Å². The molecule has 188 valence electrons. The summed E-state index contributed by atoms with van der Waals surface area (Å²) in [5, 5.41) is 6.50. The van der Waals surface area contributed by atoms with Crippen molar-refractivity contribution >= 4 is 11.6 Å². The fourth-order valence-electron chi connectivity index (χ4n) is 6.32. The fourth-order valence-corrected chi connectivity index (χ4v) is 6.32. The number of rotatable bonds is 5. The van der Waals surface area contributed by atoms with Gasteiger partial charge in [0.1, 0.15) is 17.1 Å². The van der Waals surface area contributed by atoms with Crippen LogP contribution in [0.25, 0.3) is 0 Å². The van der Waals surface area contributed by atoms with Gasteiger partial charge in [-0.3, -0.25) is 4.79 Å². The molecule has 0 aromatic carbocycles. The Labute approximate surface area is 206 Å². The molecule has 3 aliphatic heterocycles. The van der Waals surface area contributed by atoms with Gasteiger partial charge < -0.3 is 30.0 Å². The molecule has 3 unspecified atom stereocenters. The molecule has 0 radical (unpaired) electrons. The molecule has 0 spiro atoms. The molecular formula is C27H35FN4O3. The minimum absolute atomic E-state index is 0.133. The average molecular weight is 483 g/mol. The molecule has 5 rings (SSSR count). The standard InChI is InChI=1S/C27H35FN4O3/c1-8-14(2)10-12-35-17-13-32(6)21-15(3)19(28)24(34-7)27(5)22(21)26(17,4)23-20(31-27)18-16(30-23)9-11-29-25(18)33/h8,13,15,30-31H,9-12H2,1-7H3,(H,29,33)/b14-8-. The lowest BCUT2D eigenvalue weighted by Crippen LogP contribution is -2.57. The van der Waals surface area contributed by atoms with E-state index in [9.17, 15) is 4.79 Å². The second kappa shape index (κ2) is 7.93. The molecule has 4 heterocycles.